The fraction of sp³-hybridized carbons (Fsp3) is 0.320. The van der Waals surface area contributed by atoms with Crippen LogP contribution in [0.4, 0.5) is 5.82 Å². The zero-order valence-corrected chi connectivity index (χ0v) is 18.5. The van der Waals surface area contributed by atoms with E-state index in [-0.39, 0.29) is 6.10 Å². The van der Waals surface area contributed by atoms with Gasteiger partial charge < -0.3 is 10.1 Å². The van der Waals surface area contributed by atoms with E-state index in [2.05, 4.69) is 50.0 Å². The van der Waals surface area contributed by atoms with Gasteiger partial charge in [0, 0.05) is 30.8 Å². The Morgan fingerprint density at radius 3 is 2.72 bits per heavy atom. The van der Waals surface area contributed by atoms with Crippen molar-refractivity contribution in [3.8, 4) is 5.75 Å². The molecule has 3 aromatic rings. The lowest BCUT2D eigenvalue weighted by Crippen LogP contribution is -2.31. The van der Waals surface area contributed by atoms with Crippen LogP contribution in [0.3, 0.4) is 0 Å². The van der Waals surface area contributed by atoms with Crippen molar-refractivity contribution < 1.29 is 4.74 Å². The third kappa shape index (κ3) is 5.35. The average molecular weight is 429 g/mol. The number of nitrogens with zero attached hydrogens (tertiary/aromatic N) is 5. The van der Waals surface area contributed by atoms with Crippen molar-refractivity contribution in [3.63, 3.8) is 0 Å². The number of nitrogens with one attached hydrogen (secondary N) is 1. The fourth-order valence-corrected chi connectivity index (χ4v) is 3.96. The van der Waals surface area contributed by atoms with Crippen molar-refractivity contribution in [1.29, 1.82) is 0 Å². The van der Waals surface area contributed by atoms with Gasteiger partial charge in [-0.25, -0.2) is 15.0 Å². The number of fused-ring (bicyclic) bond motifs is 1. The zero-order valence-electron chi connectivity index (χ0n) is 18.5. The van der Waals surface area contributed by atoms with Crippen LogP contribution in [0.1, 0.15) is 44.0 Å². The van der Waals surface area contributed by atoms with E-state index in [0.29, 0.717) is 6.04 Å². The lowest BCUT2D eigenvalue weighted by atomic mass is 9.93. The lowest BCUT2D eigenvalue weighted by Gasteiger charge is -2.30. The largest absolute Gasteiger partial charge is 0.488 e. The molecule has 0 aliphatic heterocycles. The Morgan fingerprint density at radius 2 is 1.94 bits per heavy atom. The second-order valence-electron chi connectivity index (χ2n) is 8.00. The molecule has 4 rings (SSSR count). The molecule has 0 saturated heterocycles. The summed E-state index contributed by atoms with van der Waals surface area (Å²) in [6.07, 6.45) is 14.9. The molecule has 2 aromatic heterocycles. The Balaban J connectivity index is 1.47. The molecule has 7 heteroatoms. The van der Waals surface area contributed by atoms with Crippen LogP contribution in [0.15, 0.2) is 60.1 Å². The highest BCUT2D eigenvalue weighted by molar-refractivity contribution is 5.85. The van der Waals surface area contributed by atoms with Crippen LogP contribution in [-0.2, 0) is 0 Å². The lowest BCUT2D eigenvalue weighted by molar-refractivity contribution is 0.151. The van der Waals surface area contributed by atoms with Gasteiger partial charge in [0.2, 0.25) is 0 Å². The summed E-state index contributed by atoms with van der Waals surface area (Å²) in [5.74, 6) is 2.45. The van der Waals surface area contributed by atoms with Crippen molar-refractivity contribution in [2.75, 3.05) is 5.32 Å². The third-order valence-electron chi connectivity index (χ3n) is 5.63. The molecule has 7 nitrogen and oxygen atoms in total. The maximum absolute atomic E-state index is 6.47. The first-order valence-corrected chi connectivity index (χ1v) is 10.9. The summed E-state index contributed by atoms with van der Waals surface area (Å²) in [5.41, 5.74) is 3.77. The number of aryl methyl sites for hydroxylation is 1. The van der Waals surface area contributed by atoms with Gasteiger partial charge in [-0.15, -0.1) is 0 Å². The predicted octanol–water partition coefficient (Wildman–Crippen LogP) is 5.15. The Morgan fingerprint density at radius 1 is 1.12 bits per heavy atom. The van der Waals surface area contributed by atoms with E-state index in [0.717, 1.165) is 65.2 Å². The molecule has 0 radical (unpaired) electrons. The van der Waals surface area contributed by atoms with Crippen LogP contribution < -0.4 is 10.1 Å². The number of rotatable bonds is 7. The topological polar surface area (TPSA) is 85.2 Å². The molecule has 0 unspecified atom stereocenters. The van der Waals surface area contributed by atoms with E-state index in [1.165, 1.54) is 0 Å². The van der Waals surface area contributed by atoms with Gasteiger partial charge in [0.25, 0.3) is 0 Å². The summed E-state index contributed by atoms with van der Waals surface area (Å²) in [6, 6.07) is 6.41. The molecule has 2 heterocycles. The number of hydrogen-bond donors (Lipinski definition) is 1. The Bertz CT molecular complexity index is 1150. The second-order valence-corrected chi connectivity index (χ2v) is 8.00. The molecule has 0 bridgehead atoms. The number of aliphatic imine (C=N–C) groups is 1. The van der Waals surface area contributed by atoms with E-state index in [1.54, 1.807) is 24.8 Å². The minimum absolute atomic E-state index is 0.148. The average Bonchev–Trinajstić information content (AvgIpc) is 2.80. The van der Waals surface area contributed by atoms with Crippen LogP contribution in [0.25, 0.3) is 16.6 Å². The minimum atomic E-state index is 0.148. The van der Waals surface area contributed by atoms with Crippen molar-refractivity contribution >= 4 is 29.1 Å². The first-order valence-electron chi connectivity index (χ1n) is 10.9. The molecule has 0 atom stereocenters. The normalized spacial score (nSPS) is 19.2. The quantitative estimate of drug-likeness (QED) is 0.414. The first kappa shape index (κ1) is 21.6. The van der Waals surface area contributed by atoms with Crippen LogP contribution in [0, 0.1) is 6.92 Å². The summed E-state index contributed by atoms with van der Waals surface area (Å²) >= 11 is 0. The van der Waals surface area contributed by atoms with Gasteiger partial charge in [0.15, 0.2) is 0 Å². The standard InChI is InChI=1S/C25H28N6O/c1-17(5-4-11-26-3)19-15-22-25(29-14-13-28-22)23(16-19)32-21-8-6-20(7-9-21)31-24-10-12-27-18(2)30-24/h4-5,10-16,20-21H,3,6-9H2,1-2H3,(H,27,30,31)/b11-4-,17-5+. The summed E-state index contributed by atoms with van der Waals surface area (Å²) in [6.45, 7) is 7.43. The van der Waals surface area contributed by atoms with Crippen molar-refractivity contribution in [2.24, 2.45) is 4.99 Å². The van der Waals surface area contributed by atoms with Crippen LogP contribution >= 0.6 is 0 Å². The highest BCUT2D eigenvalue weighted by atomic mass is 16.5. The number of ether oxygens (including phenoxy) is 1. The molecule has 1 aromatic carbocycles. The van der Waals surface area contributed by atoms with Crippen molar-refractivity contribution in [1.82, 2.24) is 19.9 Å². The minimum Gasteiger partial charge on any atom is -0.488 e. The highest BCUT2D eigenvalue weighted by Crippen LogP contribution is 2.32. The van der Waals surface area contributed by atoms with Gasteiger partial charge in [-0.2, -0.15) is 0 Å². The second kappa shape index (κ2) is 10.1. The number of anilines is 1. The summed E-state index contributed by atoms with van der Waals surface area (Å²) < 4.78 is 6.47. The molecule has 1 N–H and O–H groups in total. The van der Waals surface area contributed by atoms with Crippen LogP contribution in [0.2, 0.25) is 0 Å². The molecule has 0 spiro atoms. The van der Waals surface area contributed by atoms with Crippen molar-refractivity contribution in [2.45, 2.75) is 51.7 Å². The summed E-state index contributed by atoms with van der Waals surface area (Å²) in [4.78, 5) is 21.4. The Hall–Kier alpha value is -3.61. The molecule has 0 amide bonds. The zero-order chi connectivity index (χ0) is 22.3. The molecule has 1 saturated carbocycles. The van der Waals surface area contributed by atoms with Gasteiger partial charge in [-0.05, 0) is 81.7 Å². The Labute approximate surface area is 188 Å². The maximum atomic E-state index is 6.47. The third-order valence-corrected chi connectivity index (χ3v) is 5.63. The number of allylic oxidation sites excluding steroid dienone is 3. The van der Waals surface area contributed by atoms with E-state index in [4.69, 9.17) is 4.74 Å². The smallest absolute Gasteiger partial charge is 0.148 e. The van der Waals surface area contributed by atoms with E-state index < -0.39 is 0 Å². The highest BCUT2D eigenvalue weighted by Gasteiger charge is 2.24. The molecule has 1 fully saturated rings. The molecular formula is C25H28N6O. The number of aromatic nitrogens is 4. The van der Waals surface area contributed by atoms with Crippen LogP contribution in [0.5, 0.6) is 5.75 Å². The monoisotopic (exact) mass is 428 g/mol. The van der Waals surface area contributed by atoms with E-state index in [1.807, 2.05) is 31.2 Å². The summed E-state index contributed by atoms with van der Waals surface area (Å²) in [7, 11) is 0. The first-order chi connectivity index (χ1) is 15.6. The SMILES string of the molecule is C=N/C=C\C=C(/C)c1cc(OC2CCC(Nc3ccnc(C)n3)CC2)c2nccnc2c1. The molecule has 1 aliphatic carbocycles. The number of benzene rings is 1. The maximum Gasteiger partial charge on any atom is 0.148 e. The molecule has 32 heavy (non-hydrogen) atoms. The van der Waals surface area contributed by atoms with E-state index >= 15 is 0 Å². The van der Waals surface area contributed by atoms with Gasteiger partial charge in [0.05, 0.1) is 11.6 Å². The fourth-order valence-electron chi connectivity index (χ4n) is 3.96. The van der Waals surface area contributed by atoms with Gasteiger partial charge >= 0.3 is 0 Å². The van der Waals surface area contributed by atoms with Gasteiger partial charge in [-0.1, -0.05) is 6.08 Å². The van der Waals surface area contributed by atoms with Gasteiger partial charge in [-0.3, -0.25) is 9.98 Å². The van der Waals surface area contributed by atoms with E-state index in [9.17, 15) is 0 Å². The summed E-state index contributed by atoms with van der Waals surface area (Å²) in [5, 5.41) is 3.53. The molecule has 164 valence electrons. The number of hydrogen-bond acceptors (Lipinski definition) is 7. The van der Waals surface area contributed by atoms with Crippen molar-refractivity contribution in [3.05, 3.63) is 66.5 Å². The molecule has 1 aliphatic rings. The van der Waals surface area contributed by atoms with Crippen LogP contribution in [-0.4, -0.2) is 38.8 Å². The molecular weight excluding hydrogens is 400 g/mol. The van der Waals surface area contributed by atoms with Gasteiger partial charge in [0.1, 0.15) is 22.9 Å². The Kier molecular flexibility index (Phi) is 6.84. The predicted molar refractivity (Wildman–Crippen MR) is 129 cm³/mol.